The molecule has 0 atom stereocenters. The highest BCUT2D eigenvalue weighted by Gasteiger charge is 2.36. The first kappa shape index (κ1) is 12.3. The van der Waals surface area contributed by atoms with E-state index < -0.39 is 15.8 Å². The molecule has 17 heavy (non-hydrogen) atoms. The molecule has 2 rings (SSSR count). The largest absolute Gasteiger partial charge is 0.399 e. The van der Waals surface area contributed by atoms with E-state index in [-0.39, 0.29) is 36.2 Å². The van der Waals surface area contributed by atoms with Gasteiger partial charge in [-0.05, 0) is 18.2 Å². The number of nitrogen functional groups attached to an aromatic ring is 1. The molecule has 0 aromatic heterocycles. The molecule has 1 saturated heterocycles. The third-order valence-electron chi connectivity index (χ3n) is 2.71. The fraction of sp³-hybridized carbons (Fsp3) is 0.400. The van der Waals surface area contributed by atoms with Gasteiger partial charge in [0.05, 0.1) is 4.90 Å². The van der Waals surface area contributed by atoms with Crippen LogP contribution >= 0.6 is 0 Å². The Labute approximate surface area is 98.7 Å². The third kappa shape index (κ3) is 2.26. The van der Waals surface area contributed by atoms with Crippen molar-refractivity contribution in [1.82, 2.24) is 4.31 Å². The summed E-state index contributed by atoms with van der Waals surface area (Å²) in [6, 6.07) is 3.23. The number of hydrogen-bond acceptors (Lipinski definition) is 4. The van der Waals surface area contributed by atoms with Crippen molar-refractivity contribution in [3.8, 4) is 0 Å². The highest BCUT2D eigenvalue weighted by atomic mass is 32.2. The van der Waals surface area contributed by atoms with Gasteiger partial charge in [0.2, 0.25) is 10.0 Å². The van der Waals surface area contributed by atoms with Gasteiger partial charge >= 0.3 is 0 Å². The molecular formula is C10H13FN2O3S. The number of halogens is 1. The van der Waals surface area contributed by atoms with E-state index in [1.807, 2.05) is 0 Å². The maximum Gasteiger partial charge on any atom is 0.243 e. The van der Waals surface area contributed by atoms with Gasteiger partial charge in [-0.15, -0.1) is 0 Å². The molecule has 1 heterocycles. The van der Waals surface area contributed by atoms with Crippen molar-refractivity contribution in [1.29, 1.82) is 0 Å². The molecule has 1 aromatic carbocycles. The van der Waals surface area contributed by atoms with E-state index in [9.17, 15) is 12.8 Å². The molecular weight excluding hydrogens is 247 g/mol. The monoisotopic (exact) mass is 260 g/mol. The molecule has 0 aliphatic carbocycles. The molecule has 0 saturated carbocycles. The van der Waals surface area contributed by atoms with E-state index in [0.717, 1.165) is 12.1 Å². The van der Waals surface area contributed by atoms with E-state index in [4.69, 9.17) is 10.8 Å². The first-order valence-electron chi connectivity index (χ1n) is 5.10. The zero-order chi connectivity index (χ0) is 12.6. The quantitative estimate of drug-likeness (QED) is 0.750. The highest BCUT2D eigenvalue weighted by molar-refractivity contribution is 7.89. The topological polar surface area (TPSA) is 83.6 Å². The molecule has 1 aromatic rings. The van der Waals surface area contributed by atoms with Crippen LogP contribution in [0.4, 0.5) is 10.1 Å². The second-order valence-electron chi connectivity index (χ2n) is 4.09. The summed E-state index contributed by atoms with van der Waals surface area (Å²) in [7, 11) is -3.69. The van der Waals surface area contributed by atoms with Crippen molar-refractivity contribution in [2.45, 2.75) is 4.90 Å². The minimum atomic E-state index is -3.69. The molecule has 1 fully saturated rings. The van der Waals surface area contributed by atoms with Gasteiger partial charge in [-0.3, -0.25) is 0 Å². The lowest BCUT2D eigenvalue weighted by Crippen LogP contribution is -2.51. The summed E-state index contributed by atoms with van der Waals surface area (Å²) in [5.41, 5.74) is 5.48. The van der Waals surface area contributed by atoms with Crippen LogP contribution in [0.15, 0.2) is 23.1 Å². The summed E-state index contributed by atoms with van der Waals surface area (Å²) in [5.74, 6) is -0.710. The Morgan fingerprint density at radius 1 is 1.41 bits per heavy atom. The molecule has 7 heteroatoms. The SMILES string of the molecule is Nc1cc(F)cc(S(=O)(=O)N2CC(CO)C2)c1. The fourth-order valence-electron chi connectivity index (χ4n) is 1.72. The Bertz CT molecular complexity index is 506. The Morgan fingerprint density at radius 2 is 2.06 bits per heavy atom. The fourth-order valence-corrected chi connectivity index (χ4v) is 3.38. The highest BCUT2D eigenvalue weighted by Crippen LogP contribution is 2.26. The maximum absolute atomic E-state index is 13.1. The van der Waals surface area contributed by atoms with Crippen molar-refractivity contribution in [2.24, 2.45) is 5.92 Å². The summed E-state index contributed by atoms with van der Waals surface area (Å²) in [6.45, 7) is 0.474. The minimum Gasteiger partial charge on any atom is -0.399 e. The summed E-state index contributed by atoms with van der Waals surface area (Å²) >= 11 is 0. The predicted octanol–water partition coefficient (Wildman–Crippen LogP) is 0.0207. The number of anilines is 1. The van der Waals surface area contributed by atoms with Crippen molar-refractivity contribution >= 4 is 15.7 Å². The second-order valence-corrected chi connectivity index (χ2v) is 6.03. The molecule has 94 valence electrons. The van der Waals surface area contributed by atoms with Crippen molar-refractivity contribution in [2.75, 3.05) is 25.4 Å². The number of benzene rings is 1. The van der Waals surface area contributed by atoms with E-state index >= 15 is 0 Å². The summed E-state index contributed by atoms with van der Waals surface area (Å²) in [6.07, 6.45) is 0. The van der Waals surface area contributed by atoms with Gasteiger partial charge in [0, 0.05) is 31.3 Å². The standard InChI is InChI=1S/C10H13FN2O3S/c11-8-1-9(12)3-10(2-8)17(15,16)13-4-7(5-13)6-14/h1-3,7,14H,4-6,12H2. The predicted molar refractivity (Wildman–Crippen MR) is 60.1 cm³/mol. The molecule has 0 bridgehead atoms. The lowest BCUT2D eigenvalue weighted by atomic mass is 10.1. The van der Waals surface area contributed by atoms with Crippen molar-refractivity contribution in [3.63, 3.8) is 0 Å². The summed E-state index contributed by atoms with van der Waals surface area (Å²) in [4.78, 5) is -0.147. The Kier molecular flexibility index (Phi) is 3.07. The molecule has 0 spiro atoms. The van der Waals surface area contributed by atoms with E-state index in [0.29, 0.717) is 0 Å². The molecule has 0 radical (unpaired) electrons. The third-order valence-corrected chi connectivity index (χ3v) is 4.52. The van der Waals surface area contributed by atoms with Gasteiger partial charge in [0.15, 0.2) is 0 Å². The van der Waals surface area contributed by atoms with Crippen molar-refractivity contribution < 1.29 is 17.9 Å². The molecule has 1 aliphatic heterocycles. The van der Waals surface area contributed by atoms with Crippen molar-refractivity contribution in [3.05, 3.63) is 24.0 Å². The number of nitrogens with two attached hydrogens (primary N) is 1. The van der Waals surface area contributed by atoms with E-state index in [2.05, 4.69) is 0 Å². The van der Waals surface area contributed by atoms with Crippen LogP contribution in [0.1, 0.15) is 0 Å². The van der Waals surface area contributed by atoms with Gasteiger partial charge in [0.1, 0.15) is 5.82 Å². The molecule has 0 unspecified atom stereocenters. The van der Waals surface area contributed by atoms with Crippen LogP contribution in [0.3, 0.4) is 0 Å². The van der Waals surface area contributed by atoms with Gasteiger partial charge in [-0.2, -0.15) is 4.31 Å². The summed E-state index contributed by atoms with van der Waals surface area (Å²) in [5, 5.41) is 8.83. The lowest BCUT2D eigenvalue weighted by Gasteiger charge is -2.36. The number of aliphatic hydroxyl groups is 1. The van der Waals surface area contributed by atoms with Crippen LogP contribution in [0, 0.1) is 11.7 Å². The number of nitrogens with zero attached hydrogens (tertiary/aromatic N) is 1. The molecule has 3 N–H and O–H groups in total. The Hall–Kier alpha value is -1.18. The molecule has 5 nitrogen and oxygen atoms in total. The van der Waals surface area contributed by atoms with Crippen LogP contribution in [0.2, 0.25) is 0 Å². The van der Waals surface area contributed by atoms with Crippen LogP contribution < -0.4 is 5.73 Å². The number of aliphatic hydroxyl groups excluding tert-OH is 1. The van der Waals surface area contributed by atoms with Crippen LogP contribution in [-0.2, 0) is 10.0 Å². The zero-order valence-corrected chi connectivity index (χ0v) is 9.82. The average molecular weight is 260 g/mol. The van der Waals surface area contributed by atoms with Crippen LogP contribution in [0.25, 0.3) is 0 Å². The number of hydrogen-bond donors (Lipinski definition) is 2. The lowest BCUT2D eigenvalue weighted by molar-refractivity contribution is 0.117. The first-order valence-corrected chi connectivity index (χ1v) is 6.54. The smallest absolute Gasteiger partial charge is 0.243 e. The Balaban J connectivity index is 2.27. The van der Waals surface area contributed by atoms with Gasteiger partial charge < -0.3 is 10.8 Å². The normalized spacial score (nSPS) is 18.0. The first-order chi connectivity index (χ1) is 7.93. The van der Waals surface area contributed by atoms with Gasteiger partial charge in [0.25, 0.3) is 0 Å². The molecule has 1 aliphatic rings. The van der Waals surface area contributed by atoms with E-state index in [1.165, 1.54) is 10.4 Å². The van der Waals surface area contributed by atoms with Gasteiger partial charge in [-0.25, -0.2) is 12.8 Å². The molecule has 0 amide bonds. The Morgan fingerprint density at radius 3 is 2.59 bits per heavy atom. The number of sulfonamides is 1. The average Bonchev–Trinajstić information content (AvgIpc) is 2.13. The maximum atomic E-state index is 13.1. The minimum absolute atomic E-state index is 0.0318. The number of rotatable bonds is 3. The van der Waals surface area contributed by atoms with Crippen LogP contribution in [0.5, 0.6) is 0 Å². The summed E-state index contributed by atoms with van der Waals surface area (Å²) < 4.78 is 38.3. The second kappa shape index (κ2) is 4.25. The van der Waals surface area contributed by atoms with Gasteiger partial charge in [-0.1, -0.05) is 0 Å². The van der Waals surface area contributed by atoms with Crippen LogP contribution in [-0.4, -0.2) is 37.5 Å². The van der Waals surface area contributed by atoms with E-state index in [1.54, 1.807) is 0 Å². The zero-order valence-electron chi connectivity index (χ0n) is 9.01.